The molecule has 2 fully saturated rings. The Hall–Kier alpha value is -3.72. The molecular formula is C35H47N3O6. The highest BCUT2D eigenvalue weighted by Crippen LogP contribution is 2.50. The Bertz CT molecular complexity index is 1300. The van der Waals surface area contributed by atoms with E-state index in [2.05, 4.69) is 12.2 Å². The van der Waals surface area contributed by atoms with Crippen LogP contribution in [0.15, 0.2) is 48.5 Å². The smallest absolute Gasteiger partial charge is 0.320 e. The largest absolute Gasteiger partial charge is 0.488 e. The summed E-state index contributed by atoms with van der Waals surface area (Å²) in [4.78, 5) is 55.9. The number of nitrogens with zero attached hydrogens (tertiary/aromatic N) is 2. The van der Waals surface area contributed by atoms with E-state index < -0.39 is 17.4 Å². The maximum Gasteiger partial charge on any atom is 0.320 e. The summed E-state index contributed by atoms with van der Waals surface area (Å²) in [7, 11) is 0. The van der Waals surface area contributed by atoms with Crippen LogP contribution in [0.25, 0.3) is 0 Å². The molecule has 3 atom stereocenters. The molecule has 0 radical (unpaired) electrons. The predicted molar refractivity (Wildman–Crippen MR) is 168 cm³/mol. The zero-order valence-electron chi connectivity index (χ0n) is 26.8. The fraction of sp³-hybridized carbons (Fsp3) is 0.543. The van der Waals surface area contributed by atoms with Gasteiger partial charge in [0.1, 0.15) is 17.8 Å². The minimum absolute atomic E-state index is 0.0712. The Morgan fingerprint density at radius 3 is 2.14 bits per heavy atom. The highest BCUT2D eigenvalue weighted by Gasteiger charge is 2.64. The van der Waals surface area contributed by atoms with E-state index in [0.717, 1.165) is 24.0 Å². The van der Waals surface area contributed by atoms with Gasteiger partial charge in [-0.1, -0.05) is 57.0 Å². The molecule has 9 nitrogen and oxygen atoms in total. The van der Waals surface area contributed by atoms with Crippen molar-refractivity contribution >= 4 is 23.6 Å². The molecule has 2 aromatic carbocycles. The van der Waals surface area contributed by atoms with Gasteiger partial charge in [-0.3, -0.25) is 24.1 Å². The van der Waals surface area contributed by atoms with Crippen molar-refractivity contribution in [3.8, 4) is 5.75 Å². The van der Waals surface area contributed by atoms with Gasteiger partial charge in [0.2, 0.25) is 5.91 Å². The molecule has 2 aliphatic rings. The maximum absolute atomic E-state index is 13.6. The number of ketones is 1. The molecule has 1 aliphatic carbocycles. The number of rotatable bonds is 13. The van der Waals surface area contributed by atoms with Crippen LogP contribution in [-0.4, -0.2) is 78.8 Å². The van der Waals surface area contributed by atoms with Crippen molar-refractivity contribution < 1.29 is 28.7 Å². The number of aryl methyl sites for hydroxylation is 1. The average Bonchev–Trinajstić information content (AvgIpc) is 3.02. The number of piperazine rings is 1. The van der Waals surface area contributed by atoms with Crippen molar-refractivity contribution in [1.82, 2.24) is 15.1 Å². The van der Waals surface area contributed by atoms with E-state index >= 15 is 0 Å². The fourth-order valence-electron chi connectivity index (χ4n) is 6.42. The summed E-state index contributed by atoms with van der Waals surface area (Å²) in [6, 6.07) is 14.9. The van der Waals surface area contributed by atoms with Gasteiger partial charge in [0, 0.05) is 31.7 Å². The van der Waals surface area contributed by atoms with Gasteiger partial charge in [-0.05, 0) is 62.9 Å². The van der Waals surface area contributed by atoms with E-state index in [9.17, 15) is 19.2 Å². The van der Waals surface area contributed by atoms with Crippen LogP contribution >= 0.6 is 0 Å². The van der Waals surface area contributed by atoms with Crippen molar-refractivity contribution in [2.75, 3.05) is 39.3 Å². The van der Waals surface area contributed by atoms with E-state index in [-0.39, 0.29) is 36.2 Å². The minimum Gasteiger partial charge on any atom is -0.488 e. The van der Waals surface area contributed by atoms with Crippen LogP contribution in [0.2, 0.25) is 0 Å². The lowest BCUT2D eigenvalue weighted by atomic mass is 9.55. The third-order valence-electron chi connectivity index (χ3n) is 9.22. The summed E-state index contributed by atoms with van der Waals surface area (Å²) in [5, 5.41) is 3.15. The van der Waals surface area contributed by atoms with E-state index in [1.165, 1.54) is 0 Å². The molecule has 2 amide bonds. The zero-order chi connectivity index (χ0) is 31.9. The molecule has 238 valence electrons. The molecule has 1 saturated carbocycles. The van der Waals surface area contributed by atoms with Crippen LogP contribution in [0.1, 0.15) is 80.9 Å². The first-order valence-electron chi connectivity index (χ1n) is 16.0. The van der Waals surface area contributed by atoms with Gasteiger partial charge in [-0.15, -0.1) is 0 Å². The first-order valence-corrected chi connectivity index (χ1v) is 16.0. The van der Waals surface area contributed by atoms with Crippen LogP contribution in [0.3, 0.4) is 0 Å². The van der Waals surface area contributed by atoms with E-state index in [1.807, 2.05) is 49.9 Å². The first-order chi connectivity index (χ1) is 21.2. The summed E-state index contributed by atoms with van der Waals surface area (Å²) < 4.78 is 11.4. The standard InChI is InChI=1S/C35H47N3O6/c1-6-10-28(25-13-11-24(5)12-14-25)36-33(41)30-31(40)35(7-2,8-3)32(30)44-27-17-15-26(16-18-27)34(42)38-21-19-37(20-22-38)23-29(39)43-9-4/h11-18,28,30,32H,6-10,19-23H2,1-5H3,(H,36,41)/t28?,30?,32-/m1/s1. The van der Waals surface area contributed by atoms with Gasteiger partial charge in [0.05, 0.1) is 24.6 Å². The van der Waals surface area contributed by atoms with Gasteiger partial charge in [-0.25, -0.2) is 0 Å². The molecule has 1 aliphatic heterocycles. The highest BCUT2D eigenvalue weighted by molar-refractivity contribution is 6.10. The third kappa shape index (κ3) is 7.15. The maximum atomic E-state index is 13.6. The van der Waals surface area contributed by atoms with Gasteiger partial charge in [0.15, 0.2) is 5.78 Å². The molecule has 4 rings (SSSR count). The highest BCUT2D eigenvalue weighted by atomic mass is 16.5. The lowest BCUT2D eigenvalue weighted by Gasteiger charge is -2.51. The number of Topliss-reactive ketones (excluding diaryl/α,β-unsaturated/α-hetero) is 1. The van der Waals surface area contributed by atoms with Crippen LogP contribution in [0.5, 0.6) is 5.75 Å². The van der Waals surface area contributed by atoms with Crippen LogP contribution < -0.4 is 10.1 Å². The summed E-state index contributed by atoms with van der Waals surface area (Å²) >= 11 is 0. The van der Waals surface area contributed by atoms with Crippen molar-refractivity contribution in [1.29, 1.82) is 0 Å². The molecule has 2 aromatic rings. The Balaban J connectivity index is 1.42. The lowest BCUT2D eigenvalue weighted by molar-refractivity contribution is -0.173. The number of benzene rings is 2. The topological polar surface area (TPSA) is 105 Å². The van der Waals surface area contributed by atoms with Crippen molar-refractivity contribution in [2.24, 2.45) is 11.3 Å². The predicted octanol–water partition coefficient (Wildman–Crippen LogP) is 4.73. The van der Waals surface area contributed by atoms with E-state index in [4.69, 9.17) is 9.47 Å². The van der Waals surface area contributed by atoms with Crippen LogP contribution in [0.4, 0.5) is 0 Å². The quantitative estimate of drug-likeness (QED) is 0.260. The summed E-state index contributed by atoms with van der Waals surface area (Å²) in [5.74, 6) is -1.09. The molecule has 1 heterocycles. The number of hydrogen-bond acceptors (Lipinski definition) is 7. The number of ether oxygens (including phenoxy) is 2. The lowest BCUT2D eigenvalue weighted by Crippen LogP contribution is -2.68. The second-order valence-electron chi connectivity index (χ2n) is 11.9. The van der Waals surface area contributed by atoms with Gasteiger partial charge in [0.25, 0.3) is 5.91 Å². The third-order valence-corrected chi connectivity index (χ3v) is 9.22. The Kier molecular flexibility index (Phi) is 11.2. The number of hydrogen-bond donors (Lipinski definition) is 1. The monoisotopic (exact) mass is 605 g/mol. The zero-order valence-corrected chi connectivity index (χ0v) is 26.8. The second-order valence-corrected chi connectivity index (χ2v) is 11.9. The molecule has 0 bridgehead atoms. The fourth-order valence-corrected chi connectivity index (χ4v) is 6.42. The molecule has 2 unspecified atom stereocenters. The molecule has 0 aromatic heterocycles. The summed E-state index contributed by atoms with van der Waals surface area (Å²) in [6.45, 7) is 12.6. The van der Waals surface area contributed by atoms with E-state index in [0.29, 0.717) is 56.9 Å². The van der Waals surface area contributed by atoms with Gasteiger partial charge >= 0.3 is 5.97 Å². The summed E-state index contributed by atoms with van der Waals surface area (Å²) in [6.07, 6.45) is 2.21. The second kappa shape index (κ2) is 14.8. The number of carbonyl (C=O) groups is 4. The molecule has 0 spiro atoms. The molecule has 1 N–H and O–H groups in total. The minimum atomic E-state index is -0.896. The van der Waals surface area contributed by atoms with Crippen LogP contribution in [0, 0.1) is 18.3 Å². The Morgan fingerprint density at radius 1 is 0.932 bits per heavy atom. The Morgan fingerprint density at radius 2 is 1.57 bits per heavy atom. The first kappa shape index (κ1) is 33.2. The number of carbonyl (C=O) groups excluding carboxylic acids is 4. The molecular weight excluding hydrogens is 558 g/mol. The van der Waals surface area contributed by atoms with Crippen LogP contribution in [-0.2, 0) is 19.1 Å². The normalized spacial score (nSPS) is 20.4. The van der Waals surface area contributed by atoms with Gasteiger partial charge in [-0.2, -0.15) is 0 Å². The SMILES string of the molecule is CCCC(NC(=O)C1C(=O)C(CC)(CC)[C@@H]1Oc1ccc(C(=O)N2CCN(CC(=O)OCC)CC2)cc1)c1ccc(C)cc1. The number of amides is 2. The Labute approximate surface area is 261 Å². The molecule has 44 heavy (non-hydrogen) atoms. The number of nitrogens with one attached hydrogen (secondary N) is 1. The van der Waals surface area contributed by atoms with Gasteiger partial charge < -0.3 is 19.7 Å². The number of esters is 1. The van der Waals surface area contributed by atoms with Crippen molar-refractivity contribution in [3.63, 3.8) is 0 Å². The van der Waals surface area contributed by atoms with E-state index in [1.54, 1.807) is 36.1 Å². The molecule has 1 saturated heterocycles. The molecule has 9 heteroatoms. The average molecular weight is 606 g/mol. The summed E-state index contributed by atoms with van der Waals surface area (Å²) in [5.41, 5.74) is 1.97. The van der Waals surface area contributed by atoms with Crippen molar-refractivity contribution in [3.05, 3.63) is 65.2 Å². The van der Waals surface area contributed by atoms with Crippen molar-refractivity contribution in [2.45, 2.75) is 72.4 Å².